The standard InChI is InChI=1S/C14H18O4/c1-14(2)17-9-13(18-14)12(16)8-7-10-5-3-4-6-11(10)15/h3-8,12-13,15-16H,9H2,1-2H3/b8-7+/t12-,13+/m0/s1. The fraction of sp³-hybridized carbons (Fsp3) is 0.429. The van der Waals surface area contributed by atoms with Gasteiger partial charge in [-0.3, -0.25) is 0 Å². The third-order valence-electron chi connectivity index (χ3n) is 2.82. The summed E-state index contributed by atoms with van der Waals surface area (Å²) in [5, 5.41) is 19.5. The number of phenolic OH excluding ortho intramolecular Hbond substituents is 1. The zero-order valence-electron chi connectivity index (χ0n) is 10.5. The number of para-hydroxylation sites is 1. The molecular weight excluding hydrogens is 232 g/mol. The fourth-order valence-electron chi connectivity index (χ4n) is 1.84. The fourth-order valence-corrected chi connectivity index (χ4v) is 1.84. The predicted octanol–water partition coefficient (Wildman–Crippen LogP) is 1.92. The Hall–Kier alpha value is -1.36. The van der Waals surface area contributed by atoms with Crippen molar-refractivity contribution in [3.05, 3.63) is 35.9 Å². The Morgan fingerprint density at radius 2 is 2.11 bits per heavy atom. The molecule has 0 bridgehead atoms. The molecule has 1 aliphatic heterocycles. The van der Waals surface area contributed by atoms with Crippen molar-refractivity contribution in [1.29, 1.82) is 0 Å². The molecule has 2 N–H and O–H groups in total. The van der Waals surface area contributed by atoms with Gasteiger partial charge in [0.15, 0.2) is 5.79 Å². The quantitative estimate of drug-likeness (QED) is 0.860. The molecule has 4 heteroatoms. The molecule has 0 aliphatic carbocycles. The van der Waals surface area contributed by atoms with Crippen LogP contribution in [0.4, 0.5) is 0 Å². The van der Waals surface area contributed by atoms with Crippen molar-refractivity contribution in [3.63, 3.8) is 0 Å². The van der Waals surface area contributed by atoms with Crippen molar-refractivity contribution in [2.45, 2.75) is 31.8 Å². The smallest absolute Gasteiger partial charge is 0.163 e. The van der Waals surface area contributed by atoms with Gasteiger partial charge < -0.3 is 19.7 Å². The normalized spacial score (nSPS) is 24.5. The maximum absolute atomic E-state index is 9.96. The van der Waals surface area contributed by atoms with E-state index in [2.05, 4.69) is 0 Å². The number of ether oxygens (including phenoxy) is 2. The zero-order valence-corrected chi connectivity index (χ0v) is 10.5. The van der Waals surface area contributed by atoms with Gasteiger partial charge in [-0.2, -0.15) is 0 Å². The van der Waals surface area contributed by atoms with E-state index in [0.29, 0.717) is 12.2 Å². The average molecular weight is 250 g/mol. The molecule has 0 saturated carbocycles. The van der Waals surface area contributed by atoms with Crippen LogP contribution in [-0.2, 0) is 9.47 Å². The Morgan fingerprint density at radius 3 is 2.72 bits per heavy atom. The Bertz CT molecular complexity index is 439. The van der Waals surface area contributed by atoms with Crippen LogP contribution in [0.15, 0.2) is 30.3 Å². The molecule has 0 spiro atoms. The highest BCUT2D eigenvalue weighted by molar-refractivity contribution is 5.56. The third-order valence-corrected chi connectivity index (χ3v) is 2.82. The van der Waals surface area contributed by atoms with E-state index >= 15 is 0 Å². The Labute approximate surface area is 106 Å². The molecule has 0 radical (unpaired) electrons. The first-order valence-electron chi connectivity index (χ1n) is 5.94. The van der Waals surface area contributed by atoms with E-state index in [1.807, 2.05) is 19.9 Å². The number of aliphatic hydroxyl groups is 1. The van der Waals surface area contributed by atoms with Gasteiger partial charge in [-0.05, 0) is 19.9 Å². The minimum Gasteiger partial charge on any atom is -0.507 e. The number of hydrogen-bond acceptors (Lipinski definition) is 4. The molecule has 1 aliphatic rings. The number of benzene rings is 1. The first-order valence-corrected chi connectivity index (χ1v) is 5.94. The predicted molar refractivity (Wildman–Crippen MR) is 68.1 cm³/mol. The molecule has 98 valence electrons. The number of aliphatic hydroxyl groups excluding tert-OH is 1. The summed E-state index contributed by atoms with van der Waals surface area (Å²) in [6, 6.07) is 6.95. The summed E-state index contributed by atoms with van der Waals surface area (Å²) in [6.45, 7) is 3.98. The molecule has 1 aromatic carbocycles. The molecule has 1 heterocycles. The van der Waals surface area contributed by atoms with Crippen LogP contribution < -0.4 is 0 Å². The maximum atomic E-state index is 9.96. The van der Waals surface area contributed by atoms with Crippen molar-refractivity contribution < 1.29 is 19.7 Å². The largest absolute Gasteiger partial charge is 0.507 e. The van der Waals surface area contributed by atoms with Crippen molar-refractivity contribution in [1.82, 2.24) is 0 Å². The van der Waals surface area contributed by atoms with Crippen LogP contribution in [0, 0.1) is 0 Å². The lowest BCUT2D eigenvalue weighted by Crippen LogP contribution is -2.29. The van der Waals surface area contributed by atoms with Crippen LogP contribution in [-0.4, -0.2) is 34.8 Å². The summed E-state index contributed by atoms with van der Waals surface area (Å²) in [5.74, 6) is -0.459. The lowest BCUT2D eigenvalue weighted by atomic mass is 10.1. The molecule has 2 atom stereocenters. The first-order chi connectivity index (χ1) is 8.48. The molecule has 4 nitrogen and oxygen atoms in total. The lowest BCUT2D eigenvalue weighted by Gasteiger charge is -2.18. The Balaban J connectivity index is 2.00. The van der Waals surface area contributed by atoms with Crippen LogP contribution in [0.3, 0.4) is 0 Å². The third kappa shape index (κ3) is 3.10. The SMILES string of the molecule is CC1(C)OC[C@H]([C@@H](O)/C=C/c2ccccc2O)O1. The topological polar surface area (TPSA) is 58.9 Å². The van der Waals surface area contributed by atoms with Gasteiger partial charge in [0.2, 0.25) is 0 Å². The number of hydrogen-bond donors (Lipinski definition) is 2. The second-order valence-corrected chi connectivity index (χ2v) is 4.78. The average Bonchev–Trinajstić information content (AvgIpc) is 2.68. The second kappa shape index (κ2) is 5.10. The lowest BCUT2D eigenvalue weighted by molar-refractivity contribution is -0.147. The van der Waals surface area contributed by atoms with E-state index in [1.165, 1.54) is 0 Å². The van der Waals surface area contributed by atoms with Gasteiger partial charge in [0, 0.05) is 5.56 Å². The first kappa shape index (κ1) is 13.1. The van der Waals surface area contributed by atoms with Crippen molar-refractivity contribution in [3.8, 4) is 5.75 Å². The van der Waals surface area contributed by atoms with Gasteiger partial charge in [-0.15, -0.1) is 0 Å². The summed E-state index contributed by atoms with van der Waals surface area (Å²) in [7, 11) is 0. The molecule has 1 fully saturated rings. The van der Waals surface area contributed by atoms with Crippen LogP contribution in [0.2, 0.25) is 0 Å². The molecule has 1 aromatic rings. The highest BCUT2D eigenvalue weighted by atomic mass is 16.7. The molecule has 0 amide bonds. The highest BCUT2D eigenvalue weighted by Gasteiger charge is 2.35. The molecule has 18 heavy (non-hydrogen) atoms. The Kier molecular flexibility index (Phi) is 3.71. The minimum atomic E-state index is -0.758. The maximum Gasteiger partial charge on any atom is 0.163 e. The van der Waals surface area contributed by atoms with Crippen molar-refractivity contribution in [2.75, 3.05) is 6.61 Å². The van der Waals surface area contributed by atoms with Gasteiger partial charge in [0.25, 0.3) is 0 Å². The van der Waals surface area contributed by atoms with Gasteiger partial charge in [-0.25, -0.2) is 0 Å². The molecule has 1 saturated heterocycles. The van der Waals surface area contributed by atoms with Gasteiger partial charge >= 0.3 is 0 Å². The van der Waals surface area contributed by atoms with Crippen LogP contribution >= 0.6 is 0 Å². The number of rotatable bonds is 3. The van der Waals surface area contributed by atoms with Crippen LogP contribution in [0.5, 0.6) is 5.75 Å². The molecule has 0 aromatic heterocycles. The summed E-state index contributed by atoms with van der Waals surface area (Å²) in [4.78, 5) is 0. The molecular formula is C14H18O4. The Morgan fingerprint density at radius 1 is 1.39 bits per heavy atom. The minimum absolute atomic E-state index is 0.185. The second-order valence-electron chi connectivity index (χ2n) is 4.78. The van der Waals surface area contributed by atoms with Gasteiger partial charge in [0.05, 0.1) is 6.61 Å². The molecule has 0 unspecified atom stereocenters. The van der Waals surface area contributed by atoms with Crippen molar-refractivity contribution >= 4 is 6.08 Å². The van der Waals surface area contributed by atoms with E-state index in [4.69, 9.17) is 9.47 Å². The monoisotopic (exact) mass is 250 g/mol. The van der Waals surface area contributed by atoms with E-state index in [9.17, 15) is 10.2 Å². The summed E-state index contributed by atoms with van der Waals surface area (Å²) in [6.07, 6.45) is 2.15. The summed E-state index contributed by atoms with van der Waals surface area (Å²) >= 11 is 0. The summed E-state index contributed by atoms with van der Waals surface area (Å²) < 4.78 is 10.9. The number of phenols is 1. The zero-order chi connectivity index (χ0) is 13.2. The van der Waals surface area contributed by atoms with Gasteiger partial charge in [0.1, 0.15) is 18.0 Å². The van der Waals surface area contributed by atoms with E-state index < -0.39 is 11.9 Å². The van der Waals surface area contributed by atoms with E-state index in [0.717, 1.165) is 0 Å². The number of aromatic hydroxyl groups is 1. The van der Waals surface area contributed by atoms with Gasteiger partial charge in [-0.1, -0.05) is 30.4 Å². The van der Waals surface area contributed by atoms with E-state index in [-0.39, 0.29) is 11.9 Å². The van der Waals surface area contributed by atoms with Crippen molar-refractivity contribution in [2.24, 2.45) is 0 Å². The van der Waals surface area contributed by atoms with Crippen LogP contribution in [0.1, 0.15) is 19.4 Å². The van der Waals surface area contributed by atoms with E-state index in [1.54, 1.807) is 30.4 Å². The van der Waals surface area contributed by atoms with Crippen LogP contribution in [0.25, 0.3) is 6.08 Å². The summed E-state index contributed by atoms with van der Waals surface area (Å²) in [5.41, 5.74) is 0.662. The molecule has 2 rings (SSSR count). The highest BCUT2D eigenvalue weighted by Crippen LogP contribution is 2.25.